The van der Waals surface area contributed by atoms with Gasteiger partial charge in [0.25, 0.3) is 5.91 Å². The Labute approximate surface area is 81.4 Å². The lowest BCUT2D eigenvalue weighted by molar-refractivity contribution is -0.147. The van der Waals surface area contributed by atoms with Crippen LogP contribution in [-0.2, 0) is 9.53 Å². The molecule has 1 unspecified atom stereocenters. The molecule has 0 aromatic rings. The minimum absolute atomic E-state index is 0.208. The summed E-state index contributed by atoms with van der Waals surface area (Å²) in [5.74, 6) is -0.217. The van der Waals surface area contributed by atoms with Gasteiger partial charge in [-0.15, -0.1) is 0 Å². The number of hydrogen-bond acceptors (Lipinski definition) is 4. The molecule has 0 aliphatic carbocycles. The van der Waals surface area contributed by atoms with Crippen molar-refractivity contribution in [2.45, 2.75) is 18.5 Å². The van der Waals surface area contributed by atoms with E-state index in [1.807, 2.05) is 0 Å². The molecular weight excluding hydrogens is 186 g/mol. The molecule has 3 N–H and O–H groups in total. The Morgan fingerprint density at radius 1 is 1.64 bits per heavy atom. The number of nitrogens with zero attached hydrogens (tertiary/aromatic N) is 1. The van der Waals surface area contributed by atoms with Crippen LogP contribution in [0.2, 0.25) is 0 Å². The minimum Gasteiger partial charge on any atom is -0.375 e. The second kappa shape index (κ2) is 2.93. The van der Waals surface area contributed by atoms with E-state index in [0.29, 0.717) is 0 Å². The number of rotatable bonds is 2. The van der Waals surface area contributed by atoms with Gasteiger partial charge < -0.3 is 15.8 Å². The van der Waals surface area contributed by atoms with Crippen LogP contribution in [0.5, 0.6) is 0 Å². The summed E-state index contributed by atoms with van der Waals surface area (Å²) in [5, 5.41) is 2.63. The van der Waals surface area contributed by atoms with Gasteiger partial charge in [0.15, 0.2) is 5.54 Å². The van der Waals surface area contributed by atoms with Gasteiger partial charge in [0.05, 0.1) is 13.2 Å². The standard InChI is InChI=1S/C8H13N3O3/c1-5(9)2-11-6(12)8(3-14-4-8)10-7(11)13/h5H,2-4,9H2,1H3,(H,10,13). The number of urea groups is 1. The summed E-state index contributed by atoms with van der Waals surface area (Å²) in [7, 11) is 0. The van der Waals surface area contributed by atoms with Gasteiger partial charge in [0.1, 0.15) is 0 Å². The number of amides is 3. The van der Waals surface area contributed by atoms with Crippen LogP contribution in [0.25, 0.3) is 0 Å². The maximum Gasteiger partial charge on any atom is 0.325 e. The molecule has 2 aliphatic rings. The number of carbonyl (C=O) groups excluding carboxylic acids is 2. The molecule has 6 heteroatoms. The first-order valence-corrected chi connectivity index (χ1v) is 4.53. The van der Waals surface area contributed by atoms with Gasteiger partial charge in [-0.25, -0.2) is 4.79 Å². The van der Waals surface area contributed by atoms with Gasteiger partial charge in [-0.3, -0.25) is 9.69 Å². The highest BCUT2D eigenvalue weighted by Gasteiger charge is 2.56. The molecule has 2 aliphatic heterocycles. The number of hydrogen-bond donors (Lipinski definition) is 2. The number of ether oxygens (including phenoxy) is 1. The van der Waals surface area contributed by atoms with Gasteiger partial charge >= 0.3 is 6.03 Å². The van der Waals surface area contributed by atoms with Gasteiger partial charge in [0, 0.05) is 12.6 Å². The van der Waals surface area contributed by atoms with Crippen molar-refractivity contribution >= 4 is 11.9 Å². The van der Waals surface area contributed by atoms with E-state index in [-0.39, 0.29) is 37.7 Å². The van der Waals surface area contributed by atoms with Crippen molar-refractivity contribution in [1.82, 2.24) is 10.2 Å². The first-order valence-electron chi connectivity index (χ1n) is 4.53. The quantitative estimate of drug-likeness (QED) is 0.539. The highest BCUT2D eigenvalue weighted by molar-refractivity contribution is 6.07. The average molecular weight is 199 g/mol. The lowest BCUT2D eigenvalue weighted by Gasteiger charge is -2.34. The molecule has 2 fully saturated rings. The van der Waals surface area contributed by atoms with E-state index in [0.717, 1.165) is 4.90 Å². The number of imide groups is 1. The molecule has 1 spiro atoms. The molecule has 2 heterocycles. The van der Waals surface area contributed by atoms with Crippen molar-refractivity contribution in [2.75, 3.05) is 19.8 Å². The maximum atomic E-state index is 11.8. The number of carbonyl (C=O) groups is 2. The number of nitrogens with two attached hydrogens (primary N) is 1. The minimum atomic E-state index is -0.786. The molecule has 0 bridgehead atoms. The second-order valence-electron chi connectivity index (χ2n) is 3.90. The molecule has 0 aromatic heterocycles. The summed E-state index contributed by atoms with van der Waals surface area (Å²) in [6.45, 7) is 2.55. The molecule has 0 saturated carbocycles. The van der Waals surface area contributed by atoms with Gasteiger partial charge in [-0.05, 0) is 6.92 Å². The topological polar surface area (TPSA) is 84.7 Å². The third-order valence-corrected chi connectivity index (χ3v) is 2.41. The van der Waals surface area contributed by atoms with Gasteiger partial charge in [-0.1, -0.05) is 0 Å². The Morgan fingerprint density at radius 3 is 2.64 bits per heavy atom. The lowest BCUT2D eigenvalue weighted by Crippen LogP contribution is -2.62. The van der Waals surface area contributed by atoms with E-state index >= 15 is 0 Å². The zero-order valence-electron chi connectivity index (χ0n) is 7.95. The highest BCUT2D eigenvalue weighted by atomic mass is 16.5. The average Bonchev–Trinajstić information content (AvgIpc) is 2.27. The van der Waals surface area contributed by atoms with Crippen molar-refractivity contribution in [3.63, 3.8) is 0 Å². The molecule has 3 amide bonds. The van der Waals surface area contributed by atoms with Crippen LogP contribution in [0.1, 0.15) is 6.92 Å². The van der Waals surface area contributed by atoms with E-state index < -0.39 is 5.54 Å². The summed E-state index contributed by atoms with van der Waals surface area (Å²) in [5.41, 5.74) is 4.75. The Kier molecular flexibility index (Phi) is 1.97. The Bertz CT molecular complexity index is 286. The molecule has 14 heavy (non-hydrogen) atoms. The molecule has 78 valence electrons. The third kappa shape index (κ3) is 1.18. The maximum absolute atomic E-state index is 11.8. The van der Waals surface area contributed by atoms with E-state index in [1.165, 1.54) is 0 Å². The van der Waals surface area contributed by atoms with Gasteiger partial charge in [-0.2, -0.15) is 0 Å². The van der Waals surface area contributed by atoms with Crippen molar-refractivity contribution in [2.24, 2.45) is 5.73 Å². The molecular formula is C8H13N3O3. The molecule has 0 radical (unpaired) electrons. The van der Waals surface area contributed by atoms with Crippen molar-refractivity contribution in [3.8, 4) is 0 Å². The summed E-state index contributed by atoms with van der Waals surface area (Å²) < 4.78 is 4.94. The normalized spacial score (nSPS) is 26.3. The zero-order chi connectivity index (χ0) is 10.3. The fourth-order valence-corrected chi connectivity index (χ4v) is 1.63. The predicted octanol–water partition coefficient (Wildman–Crippen LogP) is -1.35. The summed E-state index contributed by atoms with van der Waals surface area (Å²) in [4.78, 5) is 24.3. The van der Waals surface area contributed by atoms with Crippen LogP contribution in [0.4, 0.5) is 4.79 Å². The smallest absolute Gasteiger partial charge is 0.325 e. The summed E-state index contributed by atoms with van der Waals surface area (Å²) in [6, 6.07) is -0.573. The largest absolute Gasteiger partial charge is 0.375 e. The fraction of sp³-hybridized carbons (Fsp3) is 0.750. The molecule has 1 atom stereocenters. The van der Waals surface area contributed by atoms with E-state index in [4.69, 9.17) is 10.5 Å². The SMILES string of the molecule is CC(N)CN1C(=O)NC2(COC2)C1=O. The lowest BCUT2D eigenvalue weighted by atomic mass is 9.98. The van der Waals surface area contributed by atoms with Gasteiger partial charge in [0.2, 0.25) is 0 Å². The van der Waals surface area contributed by atoms with Crippen molar-refractivity contribution < 1.29 is 14.3 Å². The van der Waals surface area contributed by atoms with E-state index in [9.17, 15) is 9.59 Å². The fourth-order valence-electron chi connectivity index (χ4n) is 1.63. The van der Waals surface area contributed by atoms with Crippen LogP contribution in [0.3, 0.4) is 0 Å². The highest BCUT2D eigenvalue weighted by Crippen LogP contribution is 2.25. The van der Waals surface area contributed by atoms with Crippen molar-refractivity contribution in [3.05, 3.63) is 0 Å². The van der Waals surface area contributed by atoms with E-state index in [1.54, 1.807) is 6.92 Å². The zero-order valence-corrected chi connectivity index (χ0v) is 7.95. The Morgan fingerprint density at radius 2 is 2.29 bits per heavy atom. The second-order valence-corrected chi connectivity index (χ2v) is 3.90. The van der Waals surface area contributed by atoms with Crippen LogP contribution in [-0.4, -0.2) is 48.2 Å². The number of nitrogens with one attached hydrogen (secondary N) is 1. The van der Waals surface area contributed by atoms with E-state index in [2.05, 4.69) is 5.32 Å². The van der Waals surface area contributed by atoms with Crippen LogP contribution < -0.4 is 11.1 Å². The van der Waals surface area contributed by atoms with Crippen LogP contribution >= 0.6 is 0 Å². The molecule has 2 rings (SSSR count). The Hall–Kier alpha value is -1.14. The Balaban J connectivity index is 2.12. The first kappa shape index (κ1) is 9.42. The van der Waals surface area contributed by atoms with Crippen LogP contribution in [0.15, 0.2) is 0 Å². The molecule has 0 aromatic carbocycles. The van der Waals surface area contributed by atoms with Crippen LogP contribution in [0, 0.1) is 0 Å². The van der Waals surface area contributed by atoms with Crippen molar-refractivity contribution in [1.29, 1.82) is 0 Å². The first-order chi connectivity index (χ1) is 6.55. The predicted molar refractivity (Wildman–Crippen MR) is 47.4 cm³/mol. The molecule has 2 saturated heterocycles. The molecule has 6 nitrogen and oxygen atoms in total. The summed E-state index contributed by atoms with van der Waals surface area (Å²) in [6.07, 6.45) is 0. The monoisotopic (exact) mass is 199 g/mol. The summed E-state index contributed by atoms with van der Waals surface area (Å²) >= 11 is 0. The third-order valence-electron chi connectivity index (χ3n) is 2.41.